The number of ether oxygens (including phenoxy) is 1. The average molecular weight is 298 g/mol. The Morgan fingerprint density at radius 1 is 1.36 bits per heavy atom. The second kappa shape index (κ2) is 5.95. The molecule has 1 aliphatic rings. The third-order valence-corrected chi connectivity index (χ3v) is 4.69. The van der Waals surface area contributed by atoms with E-state index in [0.29, 0.717) is 12.3 Å². The summed E-state index contributed by atoms with van der Waals surface area (Å²) in [5.74, 6) is -0.284. The molecule has 116 valence electrons. The van der Waals surface area contributed by atoms with Crippen LogP contribution >= 0.6 is 0 Å². The zero-order valence-electron chi connectivity index (χ0n) is 13.2. The Morgan fingerprint density at radius 3 is 2.73 bits per heavy atom. The largest absolute Gasteiger partial charge is 0.460 e. The summed E-state index contributed by atoms with van der Waals surface area (Å²) in [5, 5.41) is 0. The van der Waals surface area contributed by atoms with Crippen molar-refractivity contribution in [3.63, 3.8) is 0 Å². The van der Waals surface area contributed by atoms with E-state index in [0.717, 1.165) is 18.4 Å². The molecule has 3 rings (SSSR count). The van der Waals surface area contributed by atoms with E-state index in [4.69, 9.17) is 4.74 Å². The first-order valence-electron chi connectivity index (χ1n) is 7.83. The second-order valence-corrected chi connectivity index (χ2v) is 6.51. The number of benzene rings is 1. The monoisotopic (exact) mass is 298 g/mol. The Labute approximate surface area is 131 Å². The standard InChI is InChI=1S/C18H22N2O2/c1-14(15-7-4-3-5-8-15)20-13-19-11-16(20)17(21)22-12-18(2)9-6-10-18/h3-5,7-8,11,13-14H,6,9-10,12H2,1-2H3. The van der Waals surface area contributed by atoms with Gasteiger partial charge in [-0.15, -0.1) is 0 Å². The van der Waals surface area contributed by atoms with E-state index >= 15 is 0 Å². The van der Waals surface area contributed by atoms with Gasteiger partial charge >= 0.3 is 5.97 Å². The van der Waals surface area contributed by atoms with Crippen LogP contribution in [0.4, 0.5) is 0 Å². The van der Waals surface area contributed by atoms with Gasteiger partial charge in [-0.05, 0) is 25.3 Å². The molecular weight excluding hydrogens is 276 g/mol. The van der Waals surface area contributed by atoms with E-state index in [-0.39, 0.29) is 17.4 Å². The van der Waals surface area contributed by atoms with Crippen molar-refractivity contribution in [1.29, 1.82) is 0 Å². The van der Waals surface area contributed by atoms with Gasteiger partial charge in [0.1, 0.15) is 5.69 Å². The van der Waals surface area contributed by atoms with Gasteiger partial charge in [-0.1, -0.05) is 43.7 Å². The molecule has 0 saturated heterocycles. The van der Waals surface area contributed by atoms with Crippen molar-refractivity contribution in [3.8, 4) is 0 Å². The maximum absolute atomic E-state index is 12.4. The minimum absolute atomic E-state index is 0.0468. The van der Waals surface area contributed by atoms with Crippen LogP contribution in [0, 0.1) is 5.41 Å². The van der Waals surface area contributed by atoms with Gasteiger partial charge in [-0.3, -0.25) is 0 Å². The van der Waals surface area contributed by atoms with Crippen LogP contribution in [0.5, 0.6) is 0 Å². The molecule has 1 fully saturated rings. The molecule has 0 N–H and O–H groups in total. The van der Waals surface area contributed by atoms with Crippen molar-refractivity contribution in [3.05, 3.63) is 54.1 Å². The van der Waals surface area contributed by atoms with E-state index in [1.165, 1.54) is 6.42 Å². The average Bonchev–Trinajstić information content (AvgIpc) is 3.00. The molecule has 0 bridgehead atoms. The number of hydrogen-bond donors (Lipinski definition) is 0. The molecule has 4 nitrogen and oxygen atoms in total. The summed E-state index contributed by atoms with van der Waals surface area (Å²) in [6, 6.07) is 10.1. The third-order valence-electron chi connectivity index (χ3n) is 4.69. The van der Waals surface area contributed by atoms with Crippen LogP contribution in [-0.4, -0.2) is 22.1 Å². The summed E-state index contributed by atoms with van der Waals surface area (Å²) in [5.41, 5.74) is 1.82. The molecule has 1 aliphatic carbocycles. The van der Waals surface area contributed by atoms with Crippen molar-refractivity contribution in [2.24, 2.45) is 5.41 Å². The number of esters is 1. The summed E-state index contributed by atoms with van der Waals surface area (Å²) in [7, 11) is 0. The van der Waals surface area contributed by atoms with Crippen molar-refractivity contribution >= 4 is 5.97 Å². The number of hydrogen-bond acceptors (Lipinski definition) is 3. The molecule has 1 aromatic heterocycles. The number of nitrogens with zero attached hydrogens (tertiary/aromatic N) is 2. The van der Waals surface area contributed by atoms with Crippen LogP contribution in [0.1, 0.15) is 55.2 Å². The van der Waals surface area contributed by atoms with E-state index < -0.39 is 0 Å². The smallest absolute Gasteiger partial charge is 0.356 e. The maximum Gasteiger partial charge on any atom is 0.356 e. The molecule has 1 heterocycles. The van der Waals surface area contributed by atoms with Crippen LogP contribution in [0.3, 0.4) is 0 Å². The molecular formula is C18H22N2O2. The number of carbonyl (C=O) groups is 1. The third kappa shape index (κ3) is 2.91. The first-order valence-corrected chi connectivity index (χ1v) is 7.83. The summed E-state index contributed by atoms with van der Waals surface area (Å²) >= 11 is 0. The molecule has 0 aliphatic heterocycles. The fourth-order valence-corrected chi connectivity index (χ4v) is 2.90. The van der Waals surface area contributed by atoms with E-state index in [1.807, 2.05) is 22.8 Å². The lowest BCUT2D eigenvalue weighted by molar-refractivity contribution is 0.00914. The maximum atomic E-state index is 12.4. The van der Waals surface area contributed by atoms with Crippen molar-refractivity contribution < 1.29 is 9.53 Å². The topological polar surface area (TPSA) is 44.1 Å². The highest BCUT2D eigenvalue weighted by Gasteiger charge is 2.33. The lowest BCUT2D eigenvalue weighted by Gasteiger charge is -2.37. The Balaban J connectivity index is 1.72. The van der Waals surface area contributed by atoms with Crippen LogP contribution in [-0.2, 0) is 4.74 Å². The first kappa shape index (κ1) is 14.8. The Bertz CT molecular complexity index is 644. The molecule has 22 heavy (non-hydrogen) atoms. The van der Waals surface area contributed by atoms with Crippen molar-refractivity contribution in [2.75, 3.05) is 6.61 Å². The Morgan fingerprint density at radius 2 is 2.09 bits per heavy atom. The van der Waals surface area contributed by atoms with Gasteiger partial charge in [-0.2, -0.15) is 0 Å². The van der Waals surface area contributed by atoms with Crippen LogP contribution in [0.25, 0.3) is 0 Å². The van der Waals surface area contributed by atoms with Crippen molar-refractivity contribution in [2.45, 2.75) is 39.2 Å². The lowest BCUT2D eigenvalue weighted by Crippen LogP contribution is -2.32. The summed E-state index contributed by atoms with van der Waals surface area (Å²) in [4.78, 5) is 16.5. The Hall–Kier alpha value is -2.10. The van der Waals surface area contributed by atoms with Gasteiger partial charge in [-0.25, -0.2) is 9.78 Å². The minimum atomic E-state index is -0.284. The molecule has 1 unspecified atom stereocenters. The molecule has 0 amide bonds. The van der Waals surface area contributed by atoms with Crippen molar-refractivity contribution in [1.82, 2.24) is 9.55 Å². The molecule has 0 spiro atoms. The number of aromatic nitrogens is 2. The van der Waals surface area contributed by atoms with Gasteiger partial charge in [0.25, 0.3) is 0 Å². The molecule has 0 radical (unpaired) electrons. The molecule has 4 heteroatoms. The van der Waals surface area contributed by atoms with Crippen LogP contribution in [0.15, 0.2) is 42.9 Å². The van der Waals surface area contributed by atoms with Gasteiger partial charge in [0.2, 0.25) is 0 Å². The second-order valence-electron chi connectivity index (χ2n) is 6.51. The van der Waals surface area contributed by atoms with Gasteiger partial charge < -0.3 is 9.30 Å². The molecule has 1 atom stereocenters. The molecule has 1 saturated carbocycles. The van der Waals surface area contributed by atoms with Gasteiger partial charge in [0.05, 0.1) is 25.2 Å². The van der Waals surface area contributed by atoms with Crippen LogP contribution in [0.2, 0.25) is 0 Å². The van der Waals surface area contributed by atoms with E-state index in [2.05, 4.69) is 31.0 Å². The summed E-state index contributed by atoms with van der Waals surface area (Å²) in [6.45, 7) is 4.73. The predicted molar refractivity (Wildman–Crippen MR) is 84.7 cm³/mol. The number of rotatable bonds is 5. The van der Waals surface area contributed by atoms with Crippen LogP contribution < -0.4 is 0 Å². The lowest BCUT2D eigenvalue weighted by atomic mass is 9.71. The zero-order valence-corrected chi connectivity index (χ0v) is 13.2. The van der Waals surface area contributed by atoms with Gasteiger partial charge in [0.15, 0.2) is 0 Å². The molecule has 2 aromatic rings. The van der Waals surface area contributed by atoms with E-state index in [9.17, 15) is 4.79 Å². The molecule has 1 aromatic carbocycles. The highest BCUT2D eigenvalue weighted by molar-refractivity contribution is 5.87. The van der Waals surface area contributed by atoms with E-state index in [1.54, 1.807) is 12.5 Å². The minimum Gasteiger partial charge on any atom is -0.460 e. The highest BCUT2D eigenvalue weighted by atomic mass is 16.5. The fourth-order valence-electron chi connectivity index (χ4n) is 2.90. The predicted octanol–water partition coefficient (Wildman–Crippen LogP) is 3.84. The normalized spacial score (nSPS) is 17.5. The number of imidazole rings is 1. The number of carbonyl (C=O) groups excluding carboxylic acids is 1. The zero-order chi connectivity index (χ0) is 15.6. The SMILES string of the molecule is CC(c1ccccc1)n1cncc1C(=O)OCC1(C)CCC1. The van der Waals surface area contributed by atoms with Gasteiger partial charge in [0, 0.05) is 5.41 Å². The summed E-state index contributed by atoms with van der Waals surface area (Å²) in [6.07, 6.45) is 6.79. The Kier molecular flexibility index (Phi) is 4.01. The first-order chi connectivity index (χ1) is 10.6. The summed E-state index contributed by atoms with van der Waals surface area (Å²) < 4.78 is 7.40. The quantitative estimate of drug-likeness (QED) is 0.788. The fraction of sp³-hybridized carbons (Fsp3) is 0.444. The highest BCUT2D eigenvalue weighted by Crippen LogP contribution is 2.40.